The Morgan fingerprint density at radius 3 is 3.00 bits per heavy atom. The van der Waals surface area contributed by atoms with Crippen LogP contribution in [0.5, 0.6) is 0 Å². The van der Waals surface area contributed by atoms with Gasteiger partial charge in [-0.05, 0) is 0 Å². The minimum atomic E-state index is 0.772. The molecule has 3 atom stereocenters. The van der Waals surface area contributed by atoms with Crippen LogP contribution in [-0.2, 0) is 4.79 Å². The van der Waals surface area contributed by atoms with Gasteiger partial charge < -0.3 is 0 Å². The summed E-state index contributed by atoms with van der Waals surface area (Å²) in [4.78, 5) is 12.0. The van der Waals surface area contributed by atoms with E-state index in [2.05, 4.69) is 12.2 Å². The van der Waals surface area contributed by atoms with Crippen LogP contribution in [0.25, 0.3) is 0 Å². The predicted octanol–water partition coefficient (Wildman–Crippen LogP) is 2.23. The van der Waals surface area contributed by atoms with Crippen LogP contribution in [0.2, 0.25) is 9.63 Å². The molecule has 2 rings (SSSR count). The van der Waals surface area contributed by atoms with Crippen molar-refractivity contribution in [2.45, 2.75) is 35.3 Å². The van der Waals surface area contributed by atoms with Gasteiger partial charge in [0.05, 0.1) is 0 Å². The summed E-state index contributed by atoms with van der Waals surface area (Å²) >= 11 is 0.850. The van der Waals surface area contributed by atoms with E-state index in [1.165, 1.54) is 12.8 Å². The first-order valence-electron chi connectivity index (χ1n) is 4.67. The van der Waals surface area contributed by atoms with E-state index in [-0.39, 0.29) is 0 Å². The van der Waals surface area contributed by atoms with Gasteiger partial charge in [0.25, 0.3) is 0 Å². The van der Waals surface area contributed by atoms with Crippen molar-refractivity contribution >= 4 is 21.2 Å². The van der Waals surface area contributed by atoms with E-state index in [0.29, 0.717) is 0 Å². The van der Waals surface area contributed by atoms with Gasteiger partial charge in [0.1, 0.15) is 0 Å². The summed E-state index contributed by atoms with van der Waals surface area (Å²) in [6.45, 7) is 0. The Bertz CT molecular complexity index is 200. The molecule has 1 saturated heterocycles. The number of fused-ring (bicyclic) bond motifs is 2. The SMILES string of the molecule is O=CCCCC1[Se]C2C=CC1C2. The Morgan fingerprint density at radius 1 is 1.50 bits per heavy atom. The molecule has 1 fully saturated rings. The fourth-order valence-electron chi connectivity index (χ4n) is 2.08. The van der Waals surface area contributed by atoms with E-state index in [1.54, 1.807) is 0 Å². The van der Waals surface area contributed by atoms with Crippen LogP contribution in [0.4, 0.5) is 0 Å². The standard InChI is InChI=1S/C10H14OSe/c11-6-2-1-3-10-8-4-5-9(7-8)12-10/h4-6,8-10H,1-3,7H2. The van der Waals surface area contributed by atoms with Crippen LogP contribution in [-0.4, -0.2) is 21.2 Å². The molecule has 0 amide bonds. The molecule has 0 radical (unpaired) electrons. The van der Waals surface area contributed by atoms with E-state index in [1.807, 2.05) is 0 Å². The van der Waals surface area contributed by atoms with Gasteiger partial charge in [-0.3, -0.25) is 0 Å². The van der Waals surface area contributed by atoms with Crippen LogP contribution in [0.1, 0.15) is 25.7 Å². The van der Waals surface area contributed by atoms with Crippen molar-refractivity contribution in [1.29, 1.82) is 0 Å². The van der Waals surface area contributed by atoms with Gasteiger partial charge in [-0.2, -0.15) is 0 Å². The zero-order chi connectivity index (χ0) is 8.39. The van der Waals surface area contributed by atoms with Crippen molar-refractivity contribution < 1.29 is 4.79 Å². The average molecular weight is 229 g/mol. The van der Waals surface area contributed by atoms with Crippen molar-refractivity contribution in [1.82, 2.24) is 0 Å². The van der Waals surface area contributed by atoms with E-state index in [9.17, 15) is 4.79 Å². The van der Waals surface area contributed by atoms with Crippen molar-refractivity contribution in [2.24, 2.45) is 5.92 Å². The normalized spacial score (nSPS) is 37.5. The maximum atomic E-state index is 10.1. The van der Waals surface area contributed by atoms with Crippen LogP contribution >= 0.6 is 0 Å². The summed E-state index contributed by atoms with van der Waals surface area (Å²) in [5.74, 6) is 0.890. The number of carbonyl (C=O) groups is 1. The fourth-order valence-corrected chi connectivity index (χ4v) is 5.58. The van der Waals surface area contributed by atoms with Gasteiger partial charge >= 0.3 is 79.4 Å². The molecular formula is C10H14OSe. The number of allylic oxidation sites excluding steroid dienone is 2. The Balaban J connectivity index is 1.76. The summed E-state index contributed by atoms with van der Waals surface area (Å²) in [6, 6.07) is 0. The zero-order valence-corrected chi connectivity index (χ0v) is 8.82. The Kier molecular flexibility index (Phi) is 2.67. The van der Waals surface area contributed by atoms with Crippen molar-refractivity contribution in [2.75, 3.05) is 0 Å². The summed E-state index contributed by atoms with van der Waals surface area (Å²) < 4.78 is 0. The molecule has 0 aromatic carbocycles. The number of hydrogen-bond acceptors (Lipinski definition) is 1. The Labute approximate surface area is 79.8 Å². The van der Waals surface area contributed by atoms with Gasteiger partial charge in [0.15, 0.2) is 0 Å². The van der Waals surface area contributed by atoms with Gasteiger partial charge in [-0.1, -0.05) is 0 Å². The molecule has 2 bridgehead atoms. The first-order valence-corrected chi connectivity index (χ1v) is 6.65. The fraction of sp³-hybridized carbons (Fsp3) is 0.700. The molecule has 3 unspecified atom stereocenters. The first kappa shape index (κ1) is 8.52. The van der Waals surface area contributed by atoms with Gasteiger partial charge in [0, 0.05) is 0 Å². The number of carbonyl (C=O) groups excluding carboxylic acids is 1. The first-order chi connectivity index (χ1) is 5.90. The molecule has 2 heteroatoms. The van der Waals surface area contributed by atoms with E-state index in [4.69, 9.17) is 0 Å². The Morgan fingerprint density at radius 2 is 2.42 bits per heavy atom. The summed E-state index contributed by atoms with van der Waals surface area (Å²) in [7, 11) is 0. The molecule has 0 N–H and O–H groups in total. The molecule has 1 aliphatic heterocycles. The molecule has 12 heavy (non-hydrogen) atoms. The molecule has 66 valence electrons. The molecular weight excluding hydrogens is 215 g/mol. The minimum absolute atomic E-state index is 0.772. The molecule has 0 aromatic rings. The van der Waals surface area contributed by atoms with Crippen molar-refractivity contribution in [3.8, 4) is 0 Å². The molecule has 1 aliphatic carbocycles. The van der Waals surface area contributed by atoms with Crippen LogP contribution < -0.4 is 0 Å². The summed E-state index contributed by atoms with van der Waals surface area (Å²) in [6.07, 6.45) is 10.5. The third-order valence-electron chi connectivity index (χ3n) is 2.72. The predicted molar refractivity (Wildman–Crippen MR) is 50.4 cm³/mol. The van der Waals surface area contributed by atoms with E-state index >= 15 is 0 Å². The second-order valence-electron chi connectivity index (χ2n) is 3.60. The van der Waals surface area contributed by atoms with E-state index in [0.717, 1.165) is 49.6 Å². The van der Waals surface area contributed by atoms with E-state index < -0.39 is 0 Å². The van der Waals surface area contributed by atoms with Crippen molar-refractivity contribution in [3.05, 3.63) is 12.2 Å². The number of unbranched alkanes of at least 4 members (excludes halogenated alkanes) is 1. The molecule has 0 spiro atoms. The van der Waals surface area contributed by atoms with Gasteiger partial charge in [-0.15, -0.1) is 0 Å². The average Bonchev–Trinajstić information content (AvgIpc) is 2.65. The zero-order valence-electron chi connectivity index (χ0n) is 7.11. The molecule has 1 heterocycles. The summed E-state index contributed by atoms with van der Waals surface area (Å²) in [5.41, 5.74) is 0. The maximum absolute atomic E-state index is 10.1. The molecule has 0 aromatic heterocycles. The van der Waals surface area contributed by atoms with Crippen LogP contribution in [0.3, 0.4) is 0 Å². The molecule has 0 saturated carbocycles. The van der Waals surface area contributed by atoms with Crippen LogP contribution in [0.15, 0.2) is 12.2 Å². The van der Waals surface area contributed by atoms with Gasteiger partial charge in [0.2, 0.25) is 0 Å². The molecule has 1 nitrogen and oxygen atoms in total. The number of rotatable bonds is 4. The summed E-state index contributed by atoms with van der Waals surface area (Å²) in [5, 5.41) is 0. The third-order valence-corrected chi connectivity index (χ3v) is 6.14. The number of aldehydes is 1. The third kappa shape index (κ3) is 1.65. The molecule has 2 aliphatic rings. The quantitative estimate of drug-likeness (QED) is 0.312. The van der Waals surface area contributed by atoms with Gasteiger partial charge in [-0.25, -0.2) is 0 Å². The second-order valence-corrected chi connectivity index (χ2v) is 6.71. The van der Waals surface area contributed by atoms with Crippen LogP contribution in [0, 0.1) is 5.92 Å². The van der Waals surface area contributed by atoms with Crippen molar-refractivity contribution in [3.63, 3.8) is 0 Å². The monoisotopic (exact) mass is 230 g/mol. The topological polar surface area (TPSA) is 17.1 Å². The second kappa shape index (κ2) is 3.76. The number of hydrogen-bond donors (Lipinski definition) is 0. The Hall–Kier alpha value is -0.0705.